The normalized spacial score (nSPS) is 11.3. The molecule has 0 unspecified atom stereocenters. The van der Waals surface area contributed by atoms with Crippen LogP contribution in [-0.4, -0.2) is 11.3 Å². The van der Waals surface area contributed by atoms with Crippen LogP contribution >= 0.6 is 11.6 Å². The second-order valence-corrected chi connectivity index (χ2v) is 4.35. The van der Waals surface area contributed by atoms with Crippen molar-refractivity contribution in [2.75, 3.05) is 10.7 Å². The Hall–Kier alpha value is -2.19. The van der Waals surface area contributed by atoms with Crippen LogP contribution in [0.4, 0.5) is 30.4 Å². The van der Waals surface area contributed by atoms with Gasteiger partial charge >= 0.3 is 6.36 Å². The second kappa shape index (κ2) is 5.66. The van der Waals surface area contributed by atoms with Crippen molar-refractivity contribution in [1.29, 1.82) is 0 Å². The van der Waals surface area contributed by atoms with Crippen LogP contribution in [0.15, 0.2) is 36.4 Å². The van der Waals surface area contributed by atoms with Crippen LogP contribution in [-0.2, 0) is 0 Å². The van der Waals surface area contributed by atoms with Gasteiger partial charge < -0.3 is 10.5 Å². The molecule has 112 valence electrons. The first kappa shape index (κ1) is 15.2. The number of hydrogen-bond acceptors (Lipinski definition) is 5. The predicted molar refractivity (Wildman–Crippen MR) is 73.1 cm³/mol. The number of pyridine rings is 1. The number of hydrogen-bond donors (Lipinski definition) is 2. The van der Waals surface area contributed by atoms with Crippen molar-refractivity contribution < 1.29 is 17.9 Å². The smallest absolute Gasteiger partial charge is 0.406 e. The van der Waals surface area contributed by atoms with Gasteiger partial charge in [0.1, 0.15) is 10.9 Å². The fourth-order valence-electron chi connectivity index (χ4n) is 1.58. The van der Waals surface area contributed by atoms with E-state index in [0.717, 1.165) is 17.1 Å². The highest BCUT2D eigenvalue weighted by molar-refractivity contribution is 6.29. The van der Waals surface area contributed by atoms with E-state index in [0.29, 0.717) is 0 Å². The number of nitrogens with zero attached hydrogens (tertiary/aromatic N) is 2. The van der Waals surface area contributed by atoms with E-state index >= 15 is 0 Å². The third-order valence-electron chi connectivity index (χ3n) is 2.43. The van der Waals surface area contributed by atoms with Gasteiger partial charge in [-0.3, -0.25) is 5.01 Å². The Bertz CT molecular complexity index is 651. The molecule has 0 saturated carbocycles. The Labute approximate surface area is 122 Å². The lowest BCUT2D eigenvalue weighted by Crippen LogP contribution is -2.27. The molecule has 0 fully saturated rings. The first-order chi connectivity index (χ1) is 9.76. The Morgan fingerprint density at radius 3 is 2.57 bits per heavy atom. The molecule has 0 amide bonds. The van der Waals surface area contributed by atoms with Crippen LogP contribution in [0, 0.1) is 0 Å². The minimum atomic E-state index is -4.79. The standard InChI is InChI=1S/C12H10ClF3N4O/c13-10-5-4-9(17)11(19-10)20(18)7-2-1-3-8(6-7)21-12(14,15)16/h1-6H,17-18H2. The Balaban J connectivity index is 2.33. The molecule has 1 aromatic heterocycles. The first-order valence-corrected chi connectivity index (χ1v) is 5.97. The fraction of sp³-hybridized carbons (Fsp3) is 0.0833. The molecular weight excluding hydrogens is 309 g/mol. The van der Waals surface area contributed by atoms with E-state index in [2.05, 4.69) is 9.72 Å². The summed E-state index contributed by atoms with van der Waals surface area (Å²) in [6.45, 7) is 0. The van der Waals surface area contributed by atoms with Crippen LogP contribution in [0.2, 0.25) is 5.15 Å². The summed E-state index contributed by atoms with van der Waals surface area (Å²) < 4.78 is 40.4. The van der Waals surface area contributed by atoms with E-state index in [9.17, 15) is 13.2 Å². The maximum Gasteiger partial charge on any atom is 0.573 e. The average molecular weight is 319 g/mol. The number of nitrogens with two attached hydrogens (primary N) is 2. The summed E-state index contributed by atoms with van der Waals surface area (Å²) in [6, 6.07) is 8.05. The average Bonchev–Trinajstić information content (AvgIpc) is 2.39. The molecule has 0 saturated heterocycles. The number of rotatable bonds is 3. The van der Waals surface area contributed by atoms with Crippen molar-refractivity contribution in [1.82, 2.24) is 4.98 Å². The lowest BCUT2D eigenvalue weighted by molar-refractivity contribution is -0.274. The van der Waals surface area contributed by atoms with E-state index in [1.807, 2.05) is 0 Å². The molecule has 0 aliphatic carbocycles. The topological polar surface area (TPSA) is 77.4 Å². The summed E-state index contributed by atoms with van der Waals surface area (Å²) in [5, 5.41) is 1.17. The Morgan fingerprint density at radius 2 is 1.90 bits per heavy atom. The predicted octanol–water partition coefficient (Wildman–Crippen LogP) is 3.23. The summed E-state index contributed by atoms with van der Waals surface area (Å²) in [6.07, 6.45) is -4.79. The summed E-state index contributed by atoms with van der Waals surface area (Å²) in [7, 11) is 0. The van der Waals surface area contributed by atoms with Crippen molar-refractivity contribution in [2.24, 2.45) is 5.84 Å². The van der Waals surface area contributed by atoms with Crippen LogP contribution in [0.3, 0.4) is 0 Å². The van der Waals surface area contributed by atoms with Crippen molar-refractivity contribution in [3.05, 3.63) is 41.6 Å². The second-order valence-electron chi connectivity index (χ2n) is 3.96. The van der Waals surface area contributed by atoms with Crippen LogP contribution in [0.5, 0.6) is 5.75 Å². The third-order valence-corrected chi connectivity index (χ3v) is 2.64. The molecule has 0 radical (unpaired) electrons. The Kier molecular flexibility index (Phi) is 4.10. The third kappa shape index (κ3) is 3.89. The number of halogens is 4. The van der Waals surface area contributed by atoms with Gasteiger partial charge in [0.25, 0.3) is 0 Å². The van der Waals surface area contributed by atoms with Gasteiger partial charge in [-0.15, -0.1) is 13.2 Å². The number of anilines is 3. The number of nitrogen functional groups attached to an aromatic ring is 1. The summed E-state index contributed by atoms with van der Waals surface area (Å²) in [5.74, 6) is 5.52. The SMILES string of the molecule is Nc1ccc(Cl)nc1N(N)c1cccc(OC(F)(F)F)c1. The molecule has 0 spiro atoms. The molecule has 0 aliphatic rings. The molecule has 0 atom stereocenters. The Morgan fingerprint density at radius 1 is 1.19 bits per heavy atom. The summed E-state index contributed by atoms with van der Waals surface area (Å²) >= 11 is 5.74. The van der Waals surface area contributed by atoms with E-state index in [4.69, 9.17) is 23.2 Å². The minimum absolute atomic E-state index is 0.117. The highest BCUT2D eigenvalue weighted by atomic mass is 35.5. The molecule has 21 heavy (non-hydrogen) atoms. The van der Waals surface area contributed by atoms with Crippen molar-refractivity contribution in [3.63, 3.8) is 0 Å². The van der Waals surface area contributed by atoms with Gasteiger partial charge in [-0.05, 0) is 24.3 Å². The van der Waals surface area contributed by atoms with Gasteiger partial charge in [-0.25, -0.2) is 10.8 Å². The molecule has 1 heterocycles. The number of hydrazine groups is 1. The van der Waals surface area contributed by atoms with E-state index in [-0.39, 0.29) is 22.3 Å². The maximum atomic E-state index is 12.2. The van der Waals surface area contributed by atoms with Crippen LogP contribution in [0.25, 0.3) is 0 Å². The molecule has 0 aliphatic heterocycles. The van der Waals surface area contributed by atoms with E-state index in [1.54, 1.807) is 0 Å². The number of alkyl halides is 3. The maximum absolute atomic E-state index is 12.2. The van der Waals surface area contributed by atoms with Gasteiger partial charge in [-0.1, -0.05) is 17.7 Å². The first-order valence-electron chi connectivity index (χ1n) is 5.59. The molecule has 2 aromatic rings. The van der Waals surface area contributed by atoms with Crippen molar-refractivity contribution >= 4 is 28.8 Å². The minimum Gasteiger partial charge on any atom is -0.406 e. The summed E-state index contributed by atoms with van der Waals surface area (Å²) in [5.41, 5.74) is 6.15. The fourth-order valence-corrected chi connectivity index (χ4v) is 1.72. The summed E-state index contributed by atoms with van der Waals surface area (Å²) in [4.78, 5) is 3.93. The number of aromatic nitrogens is 1. The van der Waals surface area contributed by atoms with E-state index < -0.39 is 12.1 Å². The molecule has 9 heteroatoms. The lowest BCUT2D eigenvalue weighted by Gasteiger charge is -2.20. The quantitative estimate of drug-likeness (QED) is 0.516. The molecule has 0 bridgehead atoms. The highest BCUT2D eigenvalue weighted by Crippen LogP contribution is 2.30. The number of ether oxygens (including phenoxy) is 1. The van der Waals surface area contributed by atoms with Crippen molar-refractivity contribution in [3.8, 4) is 5.75 Å². The molecule has 5 nitrogen and oxygen atoms in total. The molecular formula is C12H10ClF3N4O. The van der Waals surface area contributed by atoms with Crippen LogP contribution in [0.1, 0.15) is 0 Å². The molecule has 2 rings (SSSR count). The zero-order chi connectivity index (χ0) is 15.6. The monoisotopic (exact) mass is 318 g/mol. The highest BCUT2D eigenvalue weighted by Gasteiger charge is 2.31. The van der Waals surface area contributed by atoms with Gasteiger partial charge in [0.2, 0.25) is 0 Å². The molecule has 1 aromatic carbocycles. The molecule has 4 N–H and O–H groups in total. The largest absolute Gasteiger partial charge is 0.573 e. The van der Waals surface area contributed by atoms with Gasteiger partial charge in [0.05, 0.1) is 11.4 Å². The zero-order valence-corrected chi connectivity index (χ0v) is 11.2. The lowest BCUT2D eigenvalue weighted by atomic mass is 10.3. The van der Waals surface area contributed by atoms with Crippen LogP contribution < -0.4 is 21.3 Å². The van der Waals surface area contributed by atoms with Gasteiger partial charge in [0.15, 0.2) is 5.82 Å². The number of benzene rings is 1. The van der Waals surface area contributed by atoms with E-state index in [1.165, 1.54) is 24.3 Å². The van der Waals surface area contributed by atoms with Gasteiger partial charge in [0, 0.05) is 6.07 Å². The zero-order valence-electron chi connectivity index (χ0n) is 10.4. The van der Waals surface area contributed by atoms with Crippen molar-refractivity contribution in [2.45, 2.75) is 6.36 Å². The van der Waals surface area contributed by atoms with Gasteiger partial charge in [-0.2, -0.15) is 0 Å².